The monoisotopic (exact) mass is 304 g/mol. The van der Waals surface area contributed by atoms with Gasteiger partial charge in [0.05, 0.1) is 12.1 Å². The molecule has 0 saturated carbocycles. The molecule has 3 N–H and O–H groups in total. The number of fused-ring (bicyclic) bond motifs is 1. The first kappa shape index (κ1) is 15.5. The molecule has 2 aromatic rings. The predicted molar refractivity (Wildman–Crippen MR) is 85.5 cm³/mol. The summed E-state index contributed by atoms with van der Waals surface area (Å²) in [5.74, 6) is 0.859. The van der Waals surface area contributed by atoms with Crippen LogP contribution >= 0.6 is 0 Å². The molecule has 0 aliphatic carbocycles. The molecule has 1 aromatic heterocycles. The Kier molecular flexibility index (Phi) is 4.49. The summed E-state index contributed by atoms with van der Waals surface area (Å²) >= 11 is 0. The van der Waals surface area contributed by atoms with Gasteiger partial charge in [-0.3, -0.25) is 10.6 Å². The average molecular weight is 304 g/mol. The minimum Gasteiger partial charge on any atom is -0.459 e. The van der Waals surface area contributed by atoms with Gasteiger partial charge in [0.1, 0.15) is 11.3 Å². The first-order valence-corrected chi connectivity index (χ1v) is 7.86. The van der Waals surface area contributed by atoms with Gasteiger partial charge in [0, 0.05) is 18.0 Å². The van der Waals surface area contributed by atoms with Crippen LogP contribution < -0.4 is 10.6 Å². The molecule has 0 amide bonds. The van der Waals surface area contributed by atoms with Crippen LogP contribution in [0.15, 0.2) is 28.7 Å². The van der Waals surface area contributed by atoms with Crippen molar-refractivity contribution < 1.29 is 14.3 Å². The third-order valence-corrected chi connectivity index (χ3v) is 4.43. The van der Waals surface area contributed by atoms with Crippen LogP contribution in [0, 0.1) is 6.92 Å². The third kappa shape index (κ3) is 3.03. The normalized spacial score (nSPS) is 24.7. The summed E-state index contributed by atoms with van der Waals surface area (Å²) in [5, 5.41) is 17.6. The Morgan fingerprint density at radius 1 is 1.32 bits per heavy atom. The van der Waals surface area contributed by atoms with Crippen LogP contribution in [-0.2, 0) is 4.74 Å². The van der Waals surface area contributed by atoms with Gasteiger partial charge in [-0.2, -0.15) is 0 Å². The number of aryl methyl sites for hydroxylation is 1. The molecule has 5 heteroatoms. The molecule has 22 heavy (non-hydrogen) atoms. The first-order valence-electron chi connectivity index (χ1n) is 7.86. The molecule has 3 rings (SSSR count). The zero-order valence-corrected chi connectivity index (χ0v) is 13.3. The van der Waals surface area contributed by atoms with Crippen molar-refractivity contribution >= 4 is 11.0 Å². The molecule has 1 aliphatic heterocycles. The standard InChI is InChI=1S/C17H24N2O3/c1-10-13-6-4-5-7-15(13)22-16(10)11(2)18-17(20)19-14-8-9-21-12(14)3/h4-7,11-12,14,17-20H,8-9H2,1-3H3. The fourth-order valence-corrected chi connectivity index (χ4v) is 3.12. The van der Waals surface area contributed by atoms with Gasteiger partial charge in [-0.05, 0) is 38.8 Å². The Morgan fingerprint density at radius 3 is 2.77 bits per heavy atom. The number of aliphatic hydroxyl groups is 1. The maximum Gasteiger partial charge on any atom is 0.161 e. The summed E-state index contributed by atoms with van der Waals surface area (Å²) in [6.45, 7) is 6.80. The summed E-state index contributed by atoms with van der Waals surface area (Å²) in [7, 11) is 0. The van der Waals surface area contributed by atoms with Crippen molar-refractivity contribution in [3.8, 4) is 0 Å². The molecule has 4 atom stereocenters. The molecule has 1 aromatic carbocycles. The van der Waals surface area contributed by atoms with Gasteiger partial charge >= 0.3 is 0 Å². The minimum absolute atomic E-state index is 0.0903. The van der Waals surface area contributed by atoms with E-state index in [2.05, 4.69) is 16.7 Å². The number of para-hydroxylation sites is 1. The lowest BCUT2D eigenvalue weighted by Gasteiger charge is -2.24. The highest BCUT2D eigenvalue weighted by Crippen LogP contribution is 2.29. The van der Waals surface area contributed by atoms with E-state index in [-0.39, 0.29) is 18.2 Å². The smallest absolute Gasteiger partial charge is 0.161 e. The molecule has 0 spiro atoms. The number of rotatable bonds is 5. The molecule has 1 saturated heterocycles. The Labute approximate surface area is 130 Å². The van der Waals surface area contributed by atoms with Crippen molar-refractivity contribution in [3.63, 3.8) is 0 Å². The first-order chi connectivity index (χ1) is 10.6. The molecular formula is C17H24N2O3. The van der Waals surface area contributed by atoms with E-state index in [4.69, 9.17) is 9.15 Å². The molecule has 5 nitrogen and oxygen atoms in total. The van der Waals surface area contributed by atoms with Crippen LogP contribution in [0.25, 0.3) is 11.0 Å². The van der Waals surface area contributed by atoms with Gasteiger partial charge in [-0.15, -0.1) is 0 Å². The predicted octanol–water partition coefficient (Wildman–Crippen LogP) is 2.43. The number of aliphatic hydroxyl groups excluding tert-OH is 1. The summed E-state index contributed by atoms with van der Waals surface area (Å²) in [4.78, 5) is 0. The second-order valence-corrected chi connectivity index (χ2v) is 6.02. The van der Waals surface area contributed by atoms with E-state index >= 15 is 0 Å². The van der Waals surface area contributed by atoms with Crippen molar-refractivity contribution in [2.24, 2.45) is 0 Å². The van der Waals surface area contributed by atoms with Crippen LogP contribution in [0.2, 0.25) is 0 Å². The minimum atomic E-state index is -0.795. The summed E-state index contributed by atoms with van der Waals surface area (Å²) in [6, 6.07) is 8.07. The molecule has 4 unspecified atom stereocenters. The highest BCUT2D eigenvalue weighted by molar-refractivity contribution is 5.82. The molecule has 0 radical (unpaired) electrons. The lowest BCUT2D eigenvalue weighted by atomic mass is 10.1. The van der Waals surface area contributed by atoms with Crippen LogP contribution in [-0.4, -0.2) is 30.2 Å². The van der Waals surface area contributed by atoms with Crippen molar-refractivity contribution in [1.82, 2.24) is 10.6 Å². The van der Waals surface area contributed by atoms with Crippen LogP contribution in [0.4, 0.5) is 0 Å². The maximum absolute atomic E-state index is 10.2. The highest BCUT2D eigenvalue weighted by atomic mass is 16.5. The van der Waals surface area contributed by atoms with E-state index in [1.807, 2.05) is 39.0 Å². The molecule has 1 fully saturated rings. The zero-order chi connectivity index (χ0) is 15.7. The number of hydrogen-bond donors (Lipinski definition) is 3. The maximum atomic E-state index is 10.2. The Hall–Kier alpha value is -1.40. The van der Waals surface area contributed by atoms with Gasteiger partial charge in [-0.25, -0.2) is 0 Å². The van der Waals surface area contributed by atoms with E-state index < -0.39 is 6.35 Å². The Morgan fingerprint density at radius 2 is 2.09 bits per heavy atom. The fourth-order valence-electron chi connectivity index (χ4n) is 3.12. The van der Waals surface area contributed by atoms with Crippen molar-refractivity contribution in [2.45, 2.75) is 51.7 Å². The molecule has 2 heterocycles. The Bertz CT molecular complexity index is 640. The number of hydrogen-bond acceptors (Lipinski definition) is 5. The quantitative estimate of drug-likeness (QED) is 0.740. The Balaban J connectivity index is 1.67. The van der Waals surface area contributed by atoms with Gasteiger partial charge in [0.2, 0.25) is 0 Å². The van der Waals surface area contributed by atoms with Crippen LogP contribution in [0.5, 0.6) is 0 Å². The summed E-state index contributed by atoms with van der Waals surface area (Å²) in [5.41, 5.74) is 1.99. The highest BCUT2D eigenvalue weighted by Gasteiger charge is 2.27. The van der Waals surface area contributed by atoms with Crippen molar-refractivity contribution in [3.05, 3.63) is 35.6 Å². The molecule has 0 bridgehead atoms. The molecule has 120 valence electrons. The van der Waals surface area contributed by atoms with E-state index in [0.29, 0.717) is 0 Å². The topological polar surface area (TPSA) is 66.7 Å². The van der Waals surface area contributed by atoms with Crippen molar-refractivity contribution in [2.75, 3.05) is 6.61 Å². The van der Waals surface area contributed by atoms with Gasteiger partial charge in [0.25, 0.3) is 0 Å². The van der Waals surface area contributed by atoms with Crippen molar-refractivity contribution in [1.29, 1.82) is 0 Å². The summed E-state index contributed by atoms with van der Waals surface area (Å²) in [6.07, 6.45) is 0.245. The van der Waals surface area contributed by atoms with Gasteiger partial charge < -0.3 is 14.3 Å². The SMILES string of the molecule is Cc1c(C(C)NC(O)NC2CCOC2C)oc2ccccc12. The largest absolute Gasteiger partial charge is 0.459 e. The zero-order valence-electron chi connectivity index (χ0n) is 13.3. The van der Waals surface area contributed by atoms with E-state index in [9.17, 15) is 5.11 Å². The van der Waals surface area contributed by atoms with E-state index in [1.165, 1.54) is 0 Å². The second-order valence-electron chi connectivity index (χ2n) is 6.02. The number of furan rings is 1. The second kappa shape index (κ2) is 6.38. The van der Waals surface area contributed by atoms with Crippen LogP contribution in [0.3, 0.4) is 0 Å². The summed E-state index contributed by atoms with van der Waals surface area (Å²) < 4.78 is 11.4. The third-order valence-electron chi connectivity index (χ3n) is 4.43. The van der Waals surface area contributed by atoms with Gasteiger partial charge in [-0.1, -0.05) is 18.2 Å². The average Bonchev–Trinajstić information content (AvgIpc) is 3.04. The number of nitrogens with one attached hydrogen (secondary N) is 2. The number of benzene rings is 1. The van der Waals surface area contributed by atoms with E-state index in [0.717, 1.165) is 35.3 Å². The molecule has 1 aliphatic rings. The van der Waals surface area contributed by atoms with E-state index in [1.54, 1.807) is 0 Å². The lowest BCUT2D eigenvalue weighted by molar-refractivity contribution is 0.0527. The van der Waals surface area contributed by atoms with Gasteiger partial charge in [0.15, 0.2) is 6.35 Å². The van der Waals surface area contributed by atoms with Crippen LogP contribution in [0.1, 0.15) is 37.6 Å². The fraction of sp³-hybridized carbons (Fsp3) is 0.529. The number of ether oxygens (including phenoxy) is 1. The molecular weight excluding hydrogens is 280 g/mol. The lowest BCUT2D eigenvalue weighted by Crippen LogP contribution is -2.50.